The summed E-state index contributed by atoms with van der Waals surface area (Å²) in [6.45, 7) is 0. The third-order valence-corrected chi connectivity index (χ3v) is 5.73. The predicted molar refractivity (Wildman–Crippen MR) is 128 cm³/mol. The summed E-state index contributed by atoms with van der Waals surface area (Å²) in [5.41, 5.74) is 2.77. The normalized spacial score (nSPS) is 11.2. The standard InChI is InChI=1S/C24H17N5O3S/c25-14-17(24-27-19-8-4-5-9-20(19)28-24)12-16-10-11-22(21(13-16)29(31)32)33-15-23(30)26-18-6-2-1-3-7-18/h1-13H,15H2,(H,26,30)(H,27,28)/b17-12+. The van der Waals surface area contributed by atoms with Crippen molar-refractivity contribution in [1.82, 2.24) is 9.97 Å². The number of carbonyl (C=O) groups is 1. The van der Waals surface area contributed by atoms with Gasteiger partial charge in [-0.2, -0.15) is 5.26 Å². The van der Waals surface area contributed by atoms with Gasteiger partial charge in [-0.1, -0.05) is 36.4 Å². The molecule has 162 valence electrons. The van der Waals surface area contributed by atoms with Crippen LogP contribution in [0, 0.1) is 21.4 Å². The van der Waals surface area contributed by atoms with Gasteiger partial charge in [0, 0.05) is 11.8 Å². The molecule has 1 aromatic heterocycles. The molecule has 4 aromatic rings. The maximum absolute atomic E-state index is 12.2. The molecule has 8 nitrogen and oxygen atoms in total. The Labute approximate surface area is 193 Å². The van der Waals surface area contributed by atoms with Crippen LogP contribution in [0.2, 0.25) is 0 Å². The lowest BCUT2D eigenvalue weighted by atomic mass is 10.1. The molecule has 0 aliphatic carbocycles. The zero-order chi connectivity index (χ0) is 23.2. The maximum Gasteiger partial charge on any atom is 0.283 e. The highest BCUT2D eigenvalue weighted by atomic mass is 32.2. The second-order valence-electron chi connectivity index (χ2n) is 6.96. The third kappa shape index (κ3) is 5.26. The van der Waals surface area contributed by atoms with Crippen molar-refractivity contribution >= 4 is 51.7 Å². The molecule has 1 amide bonds. The van der Waals surface area contributed by atoms with Crippen LogP contribution in [0.1, 0.15) is 11.4 Å². The van der Waals surface area contributed by atoms with Crippen LogP contribution in [-0.2, 0) is 4.79 Å². The van der Waals surface area contributed by atoms with Crippen LogP contribution in [0.3, 0.4) is 0 Å². The number of rotatable bonds is 7. The number of thioether (sulfide) groups is 1. The number of hydrogen-bond acceptors (Lipinski definition) is 6. The molecule has 0 bridgehead atoms. The highest BCUT2D eigenvalue weighted by Gasteiger charge is 2.17. The SMILES string of the molecule is N#C/C(=C\c1ccc(SCC(=O)Nc2ccccc2)c([N+](=O)[O-])c1)c1nc2ccccc2[nH]1. The molecule has 0 atom stereocenters. The highest BCUT2D eigenvalue weighted by molar-refractivity contribution is 8.00. The lowest BCUT2D eigenvalue weighted by Gasteiger charge is -2.06. The van der Waals surface area contributed by atoms with Crippen molar-refractivity contribution in [3.63, 3.8) is 0 Å². The molecule has 33 heavy (non-hydrogen) atoms. The summed E-state index contributed by atoms with van der Waals surface area (Å²) in [6.07, 6.45) is 1.54. The number of benzene rings is 3. The molecule has 0 aliphatic rings. The summed E-state index contributed by atoms with van der Waals surface area (Å²) in [6, 6.07) is 23.1. The molecule has 4 rings (SSSR count). The first kappa shape index (κ1) is 21.8. The van der Waals surface area contributed by atoms with E-state index in [0.29, 0.717) is 22.0 Å². The molecule has 9 heteroatoms. The van der Waals surface area contributed by atoms with Crippen LogP contribution in [0.15, 0.2) is 77.7 Å². The molecule has 0 unspecified atom stereocenters. The molecule has 0 aliphatic heterocycles. The first-order valence-electron chi connectivity index (χ1n) is 9.86. The Hall–Kier alpha value is -4.42. The quantitative estimate of drug-likeness (QED) is 0.169. The topological polar surface area (TPSA) is 125 Å². The Morgan fingerprint density at radius 1 is 1.15 bits per heavy atom. The highest BCUT2D eigenvalue weighted by Crippen LogP contribution is 2.31. The van der Waals surface area contributed by atoms with Crippen molar-refractivity contribution in [2.45, 2.75) is 4.90 Å². The van der Waals surface area contributed by atoms with Gasteiger partial charge in [0.2, 0.25) is 5.91 Å². The average Bonchev–Trinajstić information content (AvgIpc) is 3.26. The molecule has 0 saturated heterocycles. The number of hydrogen-bond donors (Lipinski definition) is 2. The van der Waals surface area contributed by atoms with E-state index in [2.05, 4.69) is 21.4 Å². The second-order valence-corrected chi connectivity index (χ2v) is 7.98. The fourth-order valence-electron chi connectivity index (χ4n) is 3.15. The first-order valence-corrected chi connectivity index (χ1v) is 10.8. The molecule has 2 N–H and O–H groups in total. The van der Waals surface area contributed by atoms with Crippen molar-refractivity contribution in [3.8, 4) is 6.07 Å². The summed E-state index contributed by atoms with van der Waals surface area (Å²) in [4.78, 5) is 31.2. The van der Waals surface area contributed by atoms with E-state index in [0.717, 1.165) is 22.8 Å². The lowest BCUT2D eigenvalue weighted by molar-refractivity contribution is -0.387. The number of allylic oxidation sites excluding steroid dienone is 1. The van der Waals surface area contributed by atoms with Crippen LogP contribution >= 0.6 is 11.8 Å². The number of nitriles is 1. The summed E-state index contributed by atoms with van der Waals surface area (Å²) in [7, 11) is 0. The number of nitro groups is 1. The zero-order valence-corrected chi connectivity index (χ0v) is 18.0. The van der Waals surface area contributed by atoms with Crippen LogP contribution in [0.4, 0.5) is 11.4 Å². The second kappa shape index (κ2) is 9.80. The monoisotopic (exact) mass is 455 g/mol. The van der Waals surface area contributed by atoms with Crippen molar-refractivity contribution in [2.75, 3.05) is 11.1 Å². The van der Waals surface area contributed by atoms with Gasteiger partial charge in [-0.3, -0.25) is 14.9 Å². The molecule has 1 heterocycles. The minimum absolute atomic E-state index is 0.0212. The number of nitro benzene ring substituents is 1. The molecule has 3 aromatic carbocycles. The third-order valence-electron chi connectivity index (χ3n) is 4.67. The number of imidazole rings is 1. The molecular formula is C24H17N5O3S. The first-order chi connectivity index (χ1) is 16.0. The Balaban J connectivity index is 1.54. The Morgan fingerprint density at radius 2 is 1.91 bits per heavy atom. The van der Waals surface area contributed by atoms with E-state index >= 15 is 0 Å². The zero-order valence-electron chi connectivity index (χ0n) is 17.2. The van der Waals surface area contributed by atoms with Crippen LogP contribution in [0.5, 0.6) is 0 Å². The van der Waals surface area contributed by atoms with Crippen LogP contribution < -0.4 is 5.32 Å². The molecule has 0 saturated carbocycles. The Kier molecular flexibility index (Phi) is 6.48. The van der Waals surface area contributed by atoms with Crippen LogP contribution in [0.25, 0.3) is 22.7 Å². The van der Waals surface area contributed by atoms with E-state index in [1.165, 1.54) is 6.07 Å². The summed E-state index contributed by atoms with van der Waals surface area (Å²) < 4.78 is 0. The van der Waals surface area contributed by atoms with E-state index in [-0.39, 0.29) is 22.9 Å². The number of amides is 1. The van der Waals surface area contributed by atoms with Gasteiger partial charge in [-0.15, -0.1) is 11.8 Å². The summed E-state index contributed by atoms with van der Waals surface area (Å²) >= 11 is 1.08. The smallest absolute Gasteiger partial charge is 0.283 e. The largest absolute Gasteiger partial charge is 0.337 e. The maximum atomic E-state index is 12.2. The van der Waals surface area contributed by atoms with Gasteiger partial charge in [0.05, 0.1) is 32.2 Å². The van der Waals surface area contributed by atoms with Crippen molar-refractivity contribution in [1.29, 1.82) is 5.26 Å². The number of anilines is 1. The number of carbonyl (C=O) groups excluding carboxylic acids is 1. The van der Waals surface area contributed by atoms with E-state index in [4.69, 9.17) is 0 Å². The molecule has 0 fully saturated rings. The fourth-order valence-corrected chi connectivity index (χ4v) is 3.96. The van der Waals surface area contributed by atoms with E-state index < -0.39 is 4.92 Å². The summed E-state index contributed by atoms with van der Waals surface area (Å²) in [5, 5.41) is 24.0. The number of aromatic amines is 1. The van der Waals surface area contributed by atoms with E-state index in [9.17, 15) is 20.2 Å². The number of aromatic nitrogens is 2. The number of para-hydroxylation sites is 3. The van der Waals surface area contributed by atoms with Gasteiger partial charge in [-0.05, 0) is 42.0 Å². The number of fused-ring (bicyclic) bond motifs is 1. The molecular weight excluding hydrogens is 438 g/mol. The number of nitrogens with zero attached hydrogens (tertiary/aromatic N) is 3. The Morgan fingerprint density at radius 3 is 2.64 bits per heavy atom. The fraction of sp³-hybridized carbons (Fsp3) is 0.0417. The molecule has 0 radical (unpaired) electrons. The van der Waals surface area contributed by atoms with Crippen molar-refractivity contribution < 1.29 is 9.72 Å². The number of nitrogens with one attached hydrogen (secondary N) is 2. The minimum Gasteiger partial charge on any atom is -0.337 e. The van der Waals surface area contributed by atoms with E-state index in [1.54, 1.807) is 42.5 Å². The van der Waals surface area contributed by atoms with E-state index in [1.807, 2.05) is 30.3 Å². The van der Waals surface area contributed by atoms with Gasteiger partial charge < -0.3 is 10.3 Å². The Bertz CT molecular complexity index is 1370. The van der Waals surface area contributed by atoms with Crippen LogP contribution in [-0.4, -0.2) is 26.6 Å². The van der Waals surface area contributed by atoms with Crippen molar-refractivity contribution in [2.24, 2.45) is 0 Å². The molecule has 0 spiro atoms. The predicted octanol–water partition coefficient (Wildman–Crippen LogP) is 5.27. The van der Waals surface area contributed by atoms with Gasteiger partial charge in [-0.25, -0.2) is 4.98 Å². The summed E-state index contributed by atoms with van der Waals surface area (Å²) in [5.74, 6) is 0.145. The van der Waals surface area contributed by atoms with Crippen molar-refractivity contribution in [3.05, 3.63) is 94.3 Å². The van der Waals surface area contributed by atoms with Gasteiger partial charge >= 0.3 is 0 Å². The van der Waals surface area contributed by atoms with Gasteiger partial charge in [0.25, 0.3) is 5.69 Å². The average molecular weight is 455 g/mol. The lowest BCUT2D eigenvalue weighted by Crippen LogP contribution is -2.13. The van der Waals surface area contributed by atoms with Gasteiger partial charge in [0.1, 0.15) is 11.9 Å². The van der Waals surface area contributed by atoms with Gasteiger partial charge in [0.15, 0.2) is 0 Å². The number of H-pyrrole nitrogens is 1. The minimum atomic E-state index is -0.498.